The molecule has 0 saturated heterocycles. The number of anilines is 2. The number of amides is 2. The lowest BCUT2D eigenvalue weighted by atomic mass is 10.0. The second-order valence-corrected chi connectivity index (χ2v) is 8.37. The van der Waals surface area contributed by atoms with Crippen LogP contribution in [0.1, 0.15) is 35.7 Å². The molecule has 0 aliphatic carbocycles. The number of rotatable bonds is 7. The number of nitrogens with zero attached hydrogens (tertiary/aromatic N) is 1. The first kappa shape index (κ1) is 22.6. The molecule has 0 heterocycles. The maximum absolute atomic E-state index is 12.7. The molecule has 6 heteroatoms. The number of carbonyl (C=O) groups excluding carboxylic acids is 2. The van der Waals surface area contributed by atoms with Crippen LogP contribution in [-0.2, 0) is 4.79 Å². The summed E-state index contributed by atoms with van der Waals surface area (Å²) in [5, 5.41) is 2.80. The molecule has 0 aliphatic heterocycles. The van der Waals surface area contributed by atoms with E-state index in [9.17, 15) is 9.59 Å². The highest BCUT2D eigenvalue weighted by atomic mass is 79.9. The fraction of sp³-hybridized carbons (Fsp3) is 0.200. The minimum absolute atomic E-state index is 0.0984. The molecule has 3 aromatic rings. The Hall–Kier alpha value is -3.12. The quantitative estimate of drug-likeness (QED) is 0.460. The number of halogens is 1. The third kappa shape index (κ3) is 5.95. The summed E-state index contributed by atoms with van der Waals surface area (Å²) in [6, 6.07) is 22.0. The first-order chi connectivity index (χ1) is 14.8. The molecule has 5 nitrogen and oxygen atoms in total. The van der Waals surface area contributed by atoms with E-state index in [0.717, 1.165) is 15.7 Å². The molecule has 3 aromatic carbocycles. The van der Waals surface area contributed by atoms with Crippen LogP contribution in [-0.4, -0.2) is 25.5 Å². The summed E-state index contributed by atoms with van der Waals surface area (Å²) in [6.07, 6.45) is 0. The van der Waals surface area contributed by atoms with Crippen LogP contribution in [0.25, 0.3) is 0 Å². The molecule has 0 atom stereocenters. The van der Waals surface area contributed by atoms with E-state index in [2.05, 4.69) is 35.1 Å². The van der Waals surface area contributed by atoms with Gasteiger partial charge < -0.3 is 15.0 Å². The third-order valence-electron chi connectivity index (χ3n) is 4.82. The molecule has 0 spiro atoms. The van der Waals surface area contributed by atoms with Crippen LogP contribution in [0.4, 0.5) is 11.4 Å². The van der Waals surface area contributed by atoms with E-state index in [1.807, 2.05) is 48.5 Å². The number of nitrogens with one attached hydrogen (secondary N) is 1. The highest BCUT2D eigenvalue weighted by Crippen LogP contribution is 2.29. The Morgan fingerprint density at radius 3 is 2.32 bits per heavy atom. The molecule has 0 fully saturated rings. The molecule has 0 bridgehead atoms. The Labute approximate surface area is 191 Å². The molecule has 0 radical (unpaired) electrons. The largest absolute Gasteiger partial charge is 0.483 e. The van der Waals surface area contributed by atoms with Gasteiger partial charge in [0.05, 0.1) is 0 Å². The van der Waals surface area contributed by atoms with Crippen molar-refractivity contribution < 1.29 is 14.3 Å². The lowest BCUT2D eigenvalue weighted by molar-refractivity contribution is -0.118. The van der Waals surface area contributed by atoms with Gasteiger partial charge in [0.1, 0.15) is 5.75 Å². The summed E-state index contributed by atoms with van der Waals surface area (Å²) in [5.41, 5.74) is 2.99. The van der Waals surface area contributed by atoms with Gasteiger partial charge in [0.15, 0.2) is 6.61 Å². The molecule has 31 heavy (non-hydrogen) atoms. The van der Waals surface area contributed by atoms with Crippen LogP contribution in [0, 0.1) is 0 Å². The number of hydrogen-bond donors (Lipinski definition) is 1. The Kier molecular flexibility index (Phi) is 7.47. The molecule has 3 rings (SSSR count). The van der Waals surface area contributed by atoms with Gasteiger partial charge in [-0.05, 0) is 66.1 Å². The van der Waals surface area contributed by atoms with Gasteiger partial charge >= 0.3 is 0 Å². The highest BCUT2D eigenvalue weighted by Gasteiger charge is 2.14. The first-order valence-electron chi connectivity index (χ1n) is 10.0. The minimum Gasteiger partial charge on any atom is -0.483 e. The average Bonchev–Trinajstić information content (AvgIpc) is 2.78. The number of ether oxygens (including phenoxy) is 1. The number of para-hydroxylation sites is 1. The Morgan fingerprint density at radius 1 is 1.00 bits per heavy atom. The fourth-order valence-electron chi connectivity index (χ4n) is 3.10. The summed E-state index contributed by atoms with van der Waals surface area (Å²) in [6.45, 7) is 4.05. The second kappa shape index (κ2) is 10.3. The monoisotopic (exact) mass is 480 g/mol. The van der Waals surface area contributed by atoms with Gasteiger partial charge in [-0.15, -0.1) is 0 Å². The molecular formula is C25H25BrN2O3. The van der Waals surface area contributed by atoms with E-state index in [-0.39, 0.29) is 24.3 Å². The molecule has 0 unspecified atom stereocenters. The zero-order chi connectivity index (χ0) is 22.4. The van der Waals surface area contributed by atoms with Crippen LogP contribution in [0.5, 0.6) is 5.75 Å². The molecule has 2 amide bonds. The molecular weight excluding hydrogens is 456 g/mol. The maximum Gasteiger partial charge on any atom is 0.262 e. The zero-order valence-electron chi connectivity index (χ0n) is 17.8. The van der Waals surface area contributed by atoms with E-state index < -0.39 is 0 Å². The van der Waals surface area contributed by atoms with Crippen molar-refractivity contribution >= 4 is 39.1 Å². The predicted octanol–water partition coefficient (Wildman–Crippen LogP) is 5.87. The van der Waals surface area contributed by atoms with E-state index in [0.29, 0.717) is 17.0 Å². The van der Waals surface area contributed by atoms with Crippen molar-refractivity contribution in [2.24, 2.45) is 0 Å². The van der Waals surface area contributed by atoms with Crippen molar-refractivity contribution in [1.29, 1.82) is 0 Å². The lowest BCUT2D eigenvalue weighted by Crippen LogP contribution is -2.26. The van der Waals surface area contributed by atoms with Gasteiger partial charge in [0, 0.05) is 28.5 Å². The molecule has 0 saturated carbocycles. The topological polar surface area (TPSA) is 58.6 Å². The summed E-state index contributed by atoms with van der Waals surface area (Å²) in [5.74, 6) is 0.579. The van der Waals surface area contributed by atoms with Crippen molar-refractivity contribution in [3.05, 3.63) is 88.4 Å². The van der Waals surface area contributed by atoms with Gasteiger partial charge in [-0.2, -0.15) is 0 Å². The summed E-state index contributed by atoms with van der Waals surface area (Å²) < 4.78 is 6.71. The predicted molar refractivity (Wildman–Crippen MR) is 128 cm³/mol. The van der Waals surface area contributed by atoms with E-state index in [1.54, 1.807) is 36.2 Å². The molecule has 0 aromatic heterocycles. The minimum atomic E-state index is -0.266. The Balaban J connectivity index is 1.59. The molecule has 0 aliphatic rings. The van der Waals surface area contributed by atoms with Crippen molar-refractivity contribution in [2.75, 3.05) is 23.9 Å². The van der Waals surface area contributed by atoms with Gasteiger partial charge in [-0.25, -0.2) is 0 Å². The summed E-state index contributed by atoms with van der Waals surface area (Å²) >= 11 is 3.47. The smallest absolute Gasteiger partial charge is 0.262 e. The normalized spacial score (nSPS) is 10.6. The summed E-state index contributed by atoms with van der Waals surface area (Å²) in [4.78, 5) is 26.6. The first-order valence-corrected chi connectivity index (χ1v) is 10.8. The van der Waals surface area contributed by atoms with Crippen molar-refractivity contribution in [3.63, 3.8) is 0 Å². The van der Waals surface area contributed by atoms with E-state index in [1.165, 1.54) is 0 Å². The fourth-order valence-corrected chi connectivity index (χ4v) is 3.48. The number of benzene rings is 3. The molecule has 160 valence electrons. The summed E-state index contributed by atoms with van der Waals surface area (Å²) in [7, 11) is 1.73. The van der Waals surface area contributed by atoms with Gasteiger partial charge in [0.2, 0.25) is 0 Å². The van der Waals surface area contributed by atoms with Crippen molar-refractivity contribution in [1.82, 2.24) is 0 Å². The third-order valence-corrected chi connectivity index (χ3v) is 5.31. The van der Waals surface area contributed by atoms with Crippen LogP contribution < -0.4 is 15.0 Å². The van der Waals surface area contributed by atoms with Crippen LogP contribution in [0.15, 0.2) is 77.3 Å². The lowest BCUT2D eigenvalue weighted by Gasteiger charge is -2.17. The number of carbonyl (C=O) groups is 2. The van der Waals surface area contributed by atoms with Gasteiger partial charge in [-0.1, -0.05) is 48.0 Å². The maximum atomic E-state index is 12.7. The standard InChI is InChI=1S/C25H25BrN2O3/c1-17(2)22-15-19(26)11-14-23(22)31-16-24(29)27-20-12-9-18(10-13-20)25(30)28(3)21-7-5-4-6-8-21/h4-15,17H,16H2,1-3H3,(H,27,29). The highest BCUT2D eigenvalue weighted by molar-refractivity contribution is 9.10. The van der Waals surface area contributed by atoms with Crippen molar-refractivity contribution in [2.45, 2.75) is 19.8 Å². The Morgan fingerprint density at radius 2 is 1.68 bits per heavy atom. The Bertz CT molecular complexity index is 1050. The average molecular weight is 481 g/mol. The van der Waals surface area contributed by atoms with Gasteiger partial charge in [-0.3, -0.25) is 9.59 Å². The van der Waals surface area contributed by atoms with Crippen molar-refractivity contribution in [3.8, 4) is 5.75 Å². The second-order valence-electron chi connectivity index (χ2n) is 7.45. The van der Waals surface area contributed by atoms with E-state index >= 15 is 0 Å². The zero-order valence-corrected chi connectivity index (χ0v) is 19.3. The number of hydrogen-bond acceptors (Lipinski definition) is 3. The van der Waals surface area contributed by atoms with Gasteiger partial charge in [0.25, 0.3) is 11.8 Å². The van der Waals surface area contributed by atoms with Crippen LogP contribution in [0.2, 0.25) is 0 Å². The van der Waals surface area contributed by atoms with E-state index in [4.69, 9.17) is 4.74 Å². The van der Waals surface area contributed by atoms with Crippen LogP contribution >= 0.6 is 15.9 Å². The van der Waals surface area contributed by atoms with Crippen LogP contribution in [0.3, 0.4) is 0 Å². The molecule has 1 N–H and O–H groups in total. The SMILES string of the molecule is CC(C)c1cc(Br)ccc1OCC(=O)Nc1ccc(C(=O)N(C)c2ccccc2)cc1.